The Labute approximate surface area is 79.6 Å². The van der Waals surface area contributed by atoms with Crippen LogP contribution in [0.4, 0.5) is 0 Å². The fourth-order valence-electron chi connectivity index (χ4n) is 1.51. The molecule has 0 saturated heterocycles. The molecule has 0 bridgehead atoms. The van der Waals surface area contributed by atoms with Crippen LogP contribution in [0.5, 0.6) is 0 Å². The van der Waals surface area contributed by atoms with Crippen LogP contribution in [0.3, 0.4) is 0 Å². The minimum atomic E-state index is -3.45. The molecule has 2 unspecified atom stereocenters. The fourth-order valence-corrected chi connectivity index (χ4v) is 3.01. The van der Waals surface area contributed by atoms with Gasteiger partial charge in [0.2, 0.25) is 0 Å². The summed E-state index contributed by atoms with van der Waals surface area (Å²) in [5, 5.41) is 0. The molecule has 0 aromatic heterocycles. The molecule has 2 atom stereocenters. The molecule has 0 radical (unpaired) electrons. The summed E-state index contributed by atoms with van der Waals surface area (Å²) < 4.78 is 28.8. The van der Waals surface area contributed by atoms with E-state index in [0.717, 1.165) is 6.42 Å². The van der Waals surface area contributed by atoms with Gasteiger partial charge in [-0.15, -0.1) is 0 Å². The van der Waals surface area contributed by atoms with Gasteiger partial charge in [0.15, 0.2) is 0 Å². The van der Waals surface area contributed by atoms with Crippen LogP contribution in [0.25, 0.3) is 0 Å². The third-order valence-electron chi connectivity index (χ3n) is 2.94. The molecular formula is C8H16N2O2S. The zero-order valence-electron chi connectivity index (χ0n) is 8.46. The second-order valence-corrected chi connectivity index (χ2v) is 5.14. The fraction of sp³-hybridized carbons (Fsp3) is 0.875. The summed E-state index contributed by atoms with van der Waals surface area (Å²) in [6, 6.07) is 0. The van der Waals surface area contributed by atoms with Gasteiger partial charge in [-0.3, -0.25) is 0 Å². The maximum absolute atomic E-state index is 11.3. The lowest BCUT2D eigenvalue weighted by atomic mass is 9.83. The van der Waals surface area contributed by atoms with Crippen LogP contribution < -0.4 is 4.72 Å². The Balaban J connectivity index is 3.17. The summed E-state index contributed by atoms with van der Waals surface area (Å²) in [5.41, 5.74) is 0.299. The molecule has 0 aromatic rings. The Morgan fingerprint density at radius 2 is 2.15 bits per heavy atom. The highest BCUT2D eigenvalue weighted by Gasteiger charge is 2.39. The predicted molar refractivity (Wildman–Crippen MR) is 53.0 cm³/mol. The van der Waals surface area contributed by atoms with Crippen molar-refractivity contribution < 1.29 is 8.42 Å². The summed E-state index contributed by atoms with van der Waals surface area (Å²) in [7, 11) is -3.45. The normalized spacial score (nSPS) is 38.5. The van der Waals surface area contributed by atoms with Crippen molar-refractivity contribution in [3.05, 3.63) is 0 Å². The molecule has 0 saturated carbocycles. The summed E-state index contributed by atoms with van der Waals surface area (Å²) in [5.74, 6) is 0.154. The Kier molecular flexibility index (Phi) is 2.51. The van der Waals surface area contributed by atoms with Crippen molar-refractivity contribution in [2.75, 3.05) is 0 Å². The average molecular weight is 204 g/mol. The number of rotatable bonds is 1. The molecule has 1 N–H and O–H groups in total. The molecule has 0 aliphatic carbocycles. The Hall–Kier alpha value is -0.420. The third-order valence-corrected chi connectivity index (χ3v) is 4.20. The summed E-state index contributed by atoms with van der Waals surface area (Å²) >= 11 is 0. The molecule has 0 spiro atoms. The maximum Gasteiger partial charge on any atom is 0.320 e. The number of hydrogen-bond donors (Lipinski definition) is 1. The van der Waals surface area contributed by atoms with E-state index in [4.69, 9.17) is 0 Å². The van der Waals surface area contributed by atoms with E-state index in [1.165, 1.54) is 0 Å². The third kappa shape index (κ3) is 1.91. The van der Waals surface area contributed by atoms with Crippen molar-refractivity contribution in [3.8, 4) is 0 Å². The molecule has 1 heterocycles. The highest BCUT2D eigenvalue weighted by molar-refractivity contribution is 7.88. The van der Waals surface area contributed by atoms with Crippen LogP contribution in [-0.4, -0.2) is 19.7 Å². The number of nitrogens with one attached hydrogen (secondary N) is 1. The zero-order valence-corrected chi connectivity index (χ0v) is 9.27. The van der Waals surface area contributed by atoms with Crippen LogP contribution in [0, 0.1) is 5.92 Å². The van der Waals surface area contributed by atoms with Gasteiger partial charge in [0.25, 0.3) is 0 Å². The highest BCUT2D eigenvalue weighted by atomic mass is 32.2. The smallest absolute Gasteiger partial charge is 0.190 e. The molecule has 1 aliphatic rings. The second-order valence-electron chi connectivity index (χ2n) is 3.80. The topological polar surface area (TPSA) is 58.5 Å². The molecule has 1 aliphatic heterocycles. The molecule has 0 fully saturated rings. The Morgan fingerprint density at radius 3 is 2.62 bits per heavy atom. The van der Waals surface area contributed by atoms with Crippen LogP contribution in [-0.2, 0) is 10.2 Å². The molecular weight excluding hydrogens is 188 g/mol. The van der Waals surface area contributed by atoms with E-state index >= 15 is 0 Å². The first-order valence-corrected chi connectivity index (χ1v) is 5.85. The van der Waals surface area contributed by atoms with E-state index in [1.807, 2.05) is 20.8 Å². The molecule has 5 heteroatoms. The van der Waals surface area contributed by atoms with Gasteiger partial charge in [-0.25, -0.2) is 0 Å². The van der Waals surface area contributed by atoms with Crippen molar-refractivity contribution >= 4 is 15.9 Å². The predicted octanol–water partition coefficient (Wildman–Crippen LogP) is 1.10. The standard InChI is InChI=1S/C8H16N2O2S/c1-5-8(4)6(2)7(3)9-13(11,12)10-8/h6,10H,5H2,1-4H3. The van der Waals surface area contributed by atoms with Crippen LogP contribution in [0.2, 0.25) is 0 Å². The van der Waals surface area contributed by atoms with Gasteiger partial charge in [-0.1, -0.05) is 13.8 Å². The van der Waals surface area contributed by atoms with Crippen molar-refractivity contribution in [1.29, 1.82) is 0 Å². The largest absolute Gasteiger partial charge is 0.320 e. The molecule has 0 amide bonds. The van der Waals surface area contributed by atoms with Gasteiger partial charge in [-0.2, -0.15) is 17.5 Å². The Morgan fingerprint density at radius 1 is 1.62 bits per heavy atom. The van der Waals surface area contributed by atoms with Crippen LogP contribution >= 0.6 is 0 Å². The molecule has 13 heavy (non-hydrogen) atoms. The first-order chi connectivity index (χ1) is 5.81. The first kappa shape index (κ1) is 10.7. The van der Waals surface area contributed by atoms with E-state index in [1.54, 1.807) is 6.92 Å². The maximum atomic E-state index is 11.3. The van der Waals surface area contributed by atoms with E-state index in [0.29, 0.717) is 5.71 Å². The number of hydrogen-bond acceptors (Lipinski definition) is 2. The van der Waals surface area contributed by atoms with Crippen molar-refractivity contribution in [3.63, 3.8) is 0 Å². The molecule has 4 nitrogen and oxygen atoms in total. The van der Waals surface area contributed by atoms with Gasteiger partial charge >= 0.3 is 10.2 Å². The van der Waals surface area contributed by atoms with Gasteiger partial charge in [0, 0.05) is 17.2 Å². The van der Waals surface area contributed by atoms with Crippen molar-refractivity contribution in [2.24, 2.45) is 10.3 Å². The molecule has 0 aromatic carbocycles. The average Bonchev–Trinajstić information content (AvgIpc) is 1.99. The minimum Gasteiger partial charge on any atom is -0.190 e. The van der Waals surface area contributed by atoms with E-state index in [2.05, 4.69) is 9.12 Å². The molecule has 1 rings (SSSR count). The summed E-state index contributed by atoms with van der Waals surface area (Å²) in [6.07, 6.45) is 0.764. The lowest BCUT2D eigenvalue weighted by Crippen LogP contribution is -2.54. The summed E-state index contributed by atoms with van der Waals surface area (Å²) in [4.78, 5) is 0. The monoisotopic (exact) mass is 204 g/mol. The SMILES string of the molecule is CCC1(C)NS(=O)(=O)N=C(C)C1C. The molecule has 76 valence electrons. The lowest BCUT2D eigenvalue weighted by molar-refractivity contribution is 0.331. The van der Waals surface area contributed by atoms with Crippen LogP contribution in [0.15, 0.2) is 4.40 Å². The zero-order chi connectivity index (χ0) is 10.3. The second kappa shape index (κ2) is 3.06. The highest BCUT2D eigenvalue weighted by Crippen LogP contribution is 2.27. The van der Waals surface area contributed by atoms with Crippen molar-refractivity contribution in [1.82, 2.24) is 4.72 Å². The number of nitrogens with zero attached hydrogens (tertiary/aromatic N) is 1. The quantitative estimate of drug-likeness (QED) is 0.695. The Bertz CT molecular complexity index is 334. The lowest BCUT2D eigenvalue weighted by Gasteiger charge is -2.37. The van der Waals surface area contributed by atoms with Gasteiger partial charge in [-0.05, 0) is 20.3 Å². The van der Waals surface area contributed by atoms with E-state index < -0.39 is 10.2 Å². The van der Waals surface area contributed by atoms with Gasteiger partial charge < -0.3 is 0 Å². The van der Waals surface area contributed by atoms with Gasteiger partial charge in [0.1, 0.15) is 0 Å². The summed E-state index contributed by atoms with van der Waals surface area (Å²) in [6.45, 7) is 7.63. The van der Waals surface area contributed by atoms with E-state index in [9.17, 15) is 8.42 Å². The minimum absolute atomic E-state index is 0.154. The van der Waals surface area contributed by atoms with Gasteiger partial charge in [0.05, 0.1) is 0 Å². The van der Waals surface area contributed by atoms with Crippen LogP contribution in [0.1, 0.15) is 34.1 Å². The first-order valence-electron chi connectivity index (χ1n) is 4.41. The van der Waals surface area contributed by atoms with Crippen molar-refractivity contribution in [2.45, 2.75) is 39.7 Å². The van der Waals surface area contributed by atoms with E-state index in [-0.39, 0.29) is 11.5 Å².